The number of hydrogen-bond acceptors (Lipinski definition) is 3. The highest BCUT2D eigenvalue weighted by Crippen LogP contribution is 2.28. The first-order chi connectivity index (χ1) is 9.11. The number of benzene rings is 1. The summed E-state index contributed by atoms with van der Waals surface area (Å²) in [7, 11) is 0. The van der Waals surface area contributed by atoms with E-state index in [0.717, 1.165) is 16.6 Å². The van der Waals surface area contributed by atoms with Gasteiger partial charge in [0.25, 0.3) is 0 Å². The molecule has 2 nitrogen and oxygen atoms in total. The predicted octanol–water partition coefficient (Wildman–Crippen LogP) is 4.21. The van der Waals surface area contributed by atoms with Gasteiger partial charge in [0.1, 0.15) is 12.4 Å². The lowest BCUT2D eigenvalue weighted by molar-refractivity contribution is 0.304. The molecule has 1 aromatic carbocycles. The Labute approximate surface area is 126 Å². The fourth-order valence-corrected chi connectivity index (χ4v) is 3.52. The van der Waals surface area contributed by atoms with Gasteiger partial charge in [-0.3, -0.25) is 0 Å². The maximum Gasteiger partial charge on any atom is 0.125 e. The molecule has 2 N–H and O–H groups in total. The molecule has 0 aliphatic heterocycles. The highest BCUT2D eigenvalue weighted by atomic mass is 79.9. The van der Waals surface area contributed by atoms with Crippen molar-refractivity contribution in [3.8, 4) is 5.75 Å². The first kappa shape index (κ1) is 14.6. The molecule has 4 heteroatoms. The Morgan fingerprint density at radius 2 is 1.95 bits per heavy atom. The Kier molecular flexibility index (Phi) is 5.02. The Balaban J connectivity index is 2.14. The van der Waals surface area contributed by atoms with Gasteiger partial charge in [-0.15, -0.1) is 11.3 Å². The molecule has 2 aromatic rings. The van der Waals surface area contributed by atoms with E-state index in [0.29, 0.717) is 13.2 Å². The van der Waals surface area contributed by atoms with E-state index in [1.165, 1.54) is 21.6 Å². The van der Waals surface area contributed by atoms with E-state index >= 15 is 0 Å². The molecule has 0 fully saturated rings. The molecule has 0 saturated carbocycles. The number of thiophene rings is 1. The van der Waals surface area contributed by atoms with Gasteiger partial charge in [0.05, 0.1) is 4.88 Å². The zero-order valence-corrected chi connectivity index (χ0v) is 13.6. The molecular weight excluding hydrogens is 322 g/mol. The maximum absolute atomic E-state index is 5.98. The molecule has 102 valence electrons. The second-order valence-electron chi connectivity index (χ2n) is 4.58. The second kappa shape index (κ2) is 6.55. The molecule has 0 spiro atoms. The van der Waals surface area contributed by atoms with E-state index < -0.39 is 0 Å². The third-order valence-corrected chi connectivity index (χ3v) is 4.89. The van der Waals surface area contributed by atoms with Gasteiger partial charge in [-0.1, -0.05) is 12.1 Å². The minimum Gasteiger partial charge on any atom is -0.487 e. The van der Waals surface area contributed by atoms with Crippen molar-refractivity contribution in [2.45, 2.75) is 26.9 Å². The van der Waals surface area contributed by atoms with Gasteiger partial charge < -0.3 is 10.5 Å². The average molecular weight is 340 g/mol. The van der Waals surface area contributed by atoms with Crippen LogP contribution in [0.4, 0.5) is 0 Å². The molecule has 0 unspecified atom stereocenters. The number of rotatable bonds is 5. The molecule has 1 heterocycles. The third-order valence-electron chi connectivity index (χ3n) is 2.99. The molecule has 0 aliphatic rings. The van der Waals surface area contributed by atoms with Crippen molar-refractivity contribution in [1.29, 1.82) is 0 Å². The van der Waals surface area contributed by atoms with Crippen molar-refractivity contribution >= 4 is 27.3 Å². The van der Waals surface area contributed by atoms with E-state index in [1.54, 1.807) is 11.3 Å². The number of nitrogens with two attached hydrogens (primary N) is 1. The fourth-order valence-electron chi connectivity index (χ4n) is 2.14. The molecule has 2 rings (SSSR count). The molecule has 0 bridgehead atoms. The van der Waals surface area contributed by atoms with Crippen LogP contribution < -0.4 is 10.5 Å². The highest BCUT2D eigenvalue weighted by molar-refractivity contribution is 9.10. The quantitative estimate of drug-likeness (QED) is 0.885. The monoisotopic (exact) mass is 339 g/mol. The van der Waals surface area contributed by atoms with E-state index in [9.17, 15) is 0 Å². The number of ether oxygens (including phenoxy) is 1. The molecule has 1 aromatic heterocycles. The van der Waals surface area contributed by atoms with Crippen LogP contribution in [0, 0.1) is 13.8 Å². The largest absolute Gasteiger partial charge is 0.487 e. The van der Waals surface area contributed by atoms with Crippen molar-refractivity contribution in [2.24, 2.45) is 5.73 Å². The van der Waals surface area contributed by atoms with Crippen LogP contribution in [0.25, 0.3) is 0 Å². The van der Waals surface area contributed by atoms with Crippen LogP contribution in [0.1, 0.15) is 21.6 Å². The smallest absolute Gasteiger partial charge is 0.125 e. The Hall–Kier alpha value is -0.840. The lowest BCUT2D eigenvalue weighted by Crippen LogP contribution is -2.04. The van der Waals surface area contributed by atoms with Crippen LogP contribution in [0.5, 0.6) is 5.75 Å². The van der Waals surface area contributed by atoms with Crippen LogP contribution >= 0.6 is 27.3 Å². The van der Waals surface area contributed by atoms with Crippen LogP contribution in [-0.2, 0) is 13.0 Å². The number of hydrogen-bond donors (Lipinski definition) is 1. The summed E-state index contributed by atoms with van der Waals surface area (Å²) in [6.07, 6.45) is 0.915. The van der Waals surface area contributed by atoms with Crippen molar-refractivity contribution in [2.75, 3.05) is 6.54 Å². The van der Waals surface area contributed by atoms with Gasteiger partial charge in [0, 0.05) is 4.47 Å². The molecule has 0 atom stereocenters. The van der Waals surface area contributed by atoms with Gasteiger partial charge in [-0.05, 0) is 70.9 Å². The van der Waals surface area contributed by atoms with E-state index in [2.05, 4.69) is 47.3 Å². The minimum absolute atomic E-state index is 0.607. The summed E-state index contributed by atoms with van der Waals surface area (Å²) >= 11 is 5.23. The van der Waals surface area contributed by atoms with E-state index in [1.807, 2.05) is 6.07 Å². The normalized spacial score (nSPS) is 10.7. The summed E-state index contributed by atoms with van der Waals surface area (Å²) in [5.74, 6) is 0.987. The second-order valence-corrected chi connectivity index (χ2v) is 6.43. The van der Waals surface area contributed by atoms with Crippen LogP contribution in [0.2, 0.25) is 0 Å². The van der Waals surface area contributed by atoms with Gasteiger partial charge in [0.2, 0.25) is 0 Å². The van der Waals surface area contributed by atoms with Crippen LogP contribution in [-0.4, -0.2) is 6.54 Å². The lowest BCUT2D eigenvalue weighted by Gasteiger charge is -2.13. The average Bonchev–Trinajstić information content (AvgIpc) is 2.74. The zero-order chi connectivity index (χ0) is 13.8. The predicted molar refractivity (Wildman–Crippen MR) is 85.0 cm³/mol. The molecular formula is C15H18BrNOS. The zero-order valence-electron chi connectivity index (χ0n) is 11.2. The Morgan fingerprint density at radius 1 is 1.26 bits per heavy atom. The van der Waals surface area contributed by atoms with Gasteiger partial charge in [-0.25, -0.2) is 0 Å². The highest BCUT2D eigenvalue weighted by Gasteiger charge is 2.08. The molecule has 19 heavy (non-hydrogen) atoms. The fraction of sp³-hybridized carbons (Fsp3) is 0.333. The van der Waals surface area contributed by atoms with Crippen LogP contribution in [0.3, 0.4) is 0 Å². The number of halogens is 1. The molecule has 0 radical (unpaired) electrons. The van der Waals surface area contributed by atoms with Crippen molar-refractivity contribution in [3.05, 3.63) is 49.6 Å². The maximum atomic E-state index is 5.98. The standard InChI is InChI=1S/C15H18BrNOS/c1-10-7-12(3-5-17)8-11(2)15(10)18-9-14-13(16)4-6-19-14/h4,6-8H,3,5,9,17H2,1-2H3. The van der Waals surface area contributed by atoms with Gasteiger partial charge >= 0.3 is 0 Å². The van der Waals surface area contributed by atoms with Crippen LogP contribution in [0.15, 0.2) is 28.1 Å². The van der Waals surface area contributed by atoms with E-state index in [4.69, 9.17) is 10.5 Å². The van der Waals surface area contributed by atoms with Crippen molar-refractivity contribution < 1.29 is 4.74 Å². The Bertz CT molecular complexity index is 542. The van der Waals surface area contributed by atoms with Gasteiger partial charge in [0.15, 0.2) is 0 Å². The van der Waals surface area contributed by atoms with Gasteiger partial charge in [-0.2, -0.15) is 0 Å². The summed E-state index contributed by atoms with van der Waals surface area (Å²) < 4.78 is 7.09. The molecule has 0 aliphatic carbocycles. The summed E-state index contributed by atoms with van der Waals surface area (Å²) in [6, 6.07) is 6.38. The first-order valence-corrected chi connectivity index (χ1v) is 7.94. The Morgan fingerprint density at radius 3 is 2.47 bits per heavy atom. The number of aryl methyl sites for hydroxylation is 2. The SMILES string of the molecule is Cc1cc(CCN)cc(C)c1OCc1sccc1Br. The van der Waals surface area contributed by atoms with Crippen molar-refractivity contribution in [3.63, 3.8) is 0 Å². The third kappa shape index (κ3) is 3.59. The molecule has 0 amide bonds. The lowest BCUT2D eigenvalue weighted by atomic mass is 10.0. The topological polar surface area (TPSA) is 35.2 Å². The summed E-state index contributed by atoms with van der Waals surface area (Å²) in [4.78, 5) is 1.21. The first-order valence-electron chi connectivity index (χ1n) is 6.26. The summed E-state index contributed by atoms with van der Waals surface area (Å²) in [5.41, 5.74) is 9.24. The summed E-state index contributed by atoms with van der Waals surface area (Å²) in [6.45, 7) is 5.47. The minimum atomic E-state index is 0.607. The summed E-state index contributed by atoms with van der Waals surface area (Å²) in [5, 5.41) is 2.06. The molecule has 0 saturated heterocycles. The van der Waals surface area contributed by atoms with E-state index in [-0.39, 0.29) is 0 Å². The van der Waals surface area contributed by atoms with Crippen molar-refractivity contribution in [1.82, 2.24) is 0 Å².